The lowest BCUT2D eigenvalue weighted by Crippen LogP contribution is -3.00. The van der Waals surface area contributed by atoms with Crippen molar-refractivity contribution in [2.24, 2.45) is 0 Å². The average molecular weight is 387 g/mol. The van der Waals surface area contributed by atoms with Gasteiger partial charge in [-0.25, -0.2) is 9.36 Å². The molecule has 0 aliphatic carbocycles. The second-order valence-corrected chi connectivity index (χ2v) is 6.01. The summed E-state index contributed by atoms with van der Waals surface area (Å²) in [5, 5.41) is 0. The fourth-order valence-electron chi connectivity index (χ4n) is 2.32. The molecule has 1 rings (SSSR count). The standard InChI is InChI=1S/C18H31N2O2.BrH/c1-4-5-6-7-8-9-10-11-14-20-15-12-13-17(16-20)22-18(21)19(2)3;/h12-13,15-16H,4-11,14H2,1-3H3;1H/q+1;/p-1. The highest BCUT2D eigenvalue weighted by Crippen LogP contribution is 2.09. The minimum absolute atomic E-state index is 0. The first-order chi connectivity index (χ1) is 10.6. The maximum Gasteiger partial charge on any atom is 0.414 e. The van der Waals surface area contributed by atoms with Crippen LogP contribution in [-0.2, 0) is 6.54 Å². The van der Waals surface area contributed by atoms with Gasteiger partial charge in [-0.05, 0) is 12.5 Å². The van der Waals surface area contributed by atoms with Crippen LogP contribution in [0, 0.1) is 0 Å². The lowest BCUT2D eigenvalue weighted by atomic mass is 10.1. The number of hydrogen-bond acceptors (Lipinski definition) is 2. The molecule has 0 atom stereocenters. The van der Waals surface area contributed by atoms with Crippen molar-refractivity contribution in [2.45, 2.75) is 64.8 Å². The van der Waals surface area contributed by atoms with Crippen LogP contribution < -0.4 is 26.3 Å². The monoisotopic (exact) mass is 386 g/mol. The summed E-state index contributed by atoms with van der Waals surface area (Å²) < 4.78 is 7.36. The number of rotatable bonds is 10. The van der Waals surface area contributed by atoms with E-state index in [2.05, 4.69) is 11.5 Å². The van der Waals surface area contributed by atoms with Crippen LogP contribution in [0.5, 0.6) is 5.75 Å². The Balaban J connectivity index is 0.00000484. The van der Waals surface area contributed by atoms with Gasteiger partial charge >= 0.3 is 6.09 Å². The fraction of sp³-hybridized carbons (Fsp3) is 0.667. The number of ether oxygens (including phenoxy) is 1. The lowest BCUT2D eigenvalue weighted by molar-refractivity contribution is -0.697. The molecule has 0 saturated heterocycles. The van der Waals surface area contributed by atoms with Gasteiger partial charge < -0.3 is 26.6 Å². The summed E-state index contributed by atoms with van der Waals surface area (Å²) in [7, 11) is 3.36. The van der Waals surface area contributed by atoms with Gasteiger partial charge in [0.25, 0.3) is 0 Å². The van der Waals surface area contributed by atoms with Crippen LogP contribution in [-0.4, -0.2) is 25.1 Å². The van der Waals surface area contributed by atoms with Crippen LogP contribution in [0.1, 0.15) is 58.3 Å². The number of amides is 1. The highest BCUT2D eigenvalue weighted by atomic mass is 79.9. The molecule has 1 aromatic heterocycles. The van der Waals surface area contributed by atoms with E-state index in [-0.39, 0.29) is 23.1 Å². The summed E-state index contributed by atoms with van der Waals surface area (Å²) in [6.07, 6.45) is 14.1. The first-order valence-corrected chi connectivity index (χ1v) is 8.51. The fourth-order valence-corrected chi connectivity index (χ4v) is 2.32. The number of aromatic nitrogens is 1. The van der Waals surface area contributed by atoms with Crippen molar-refractivity contribution in [3.8, 4) is 5.75 Å². The van der Waals surface area contributed by atoms with Crippen LogP contribution in [0.4, 0.5) is 4.79 Å². The van der Waals surface area contributed by atoms with E-state index in [0.717, 1.165) is 6.54 Å². The van der Waals surface area contributed by atoms with Crippen LogP contribution in [0.3, 0.4) is 0 Å². The van der Waals surface area contributed by atoms with Gasteiger partial charge in [0.05, 0.1) is 0 Å². The van der Waals surface area contributed by atoms with E-state index < -0.39 is 0 Å². The second-order valence-electron chi connectivity index (χ2n) is 6.01. The van der Waals surface area contributed by atoms with Crippen molar-refractivity contribution < 1.29 is 31.1 Å². The zero-order valence-electron chi connectivity index (χ0n) is 14.8. The van der Waals surface area contributed by atoms with Gasteiger partial charge in [0, 0.05) is 26.6 Å². The van der Waals surface area contributed by atoms with Crippen molar-refractivity contribution >= 4 is 6.09 Å². The molecule has 0 unspecified atom stereocenters. The SMILES string of the molecule is CCCCCCCCCC[n+]1cccc(OC(=O)N(C)C)c1.[Br-]. The topological polar surface area (TPSA) is 33.4 Å². The van der Waals surface area contributed by atoms with Crippen molar-refractivity contribution in [3.05, 3.63) is 24.5 Å². The Labute approximate surface area is 151 Å². The molecular weight excluding hydrogens is 356 g/mol. The van der Waals surface area contributed by atoms with Gasteiger partial charge in [0.15, 0.2) is 11.9 Å². The Morgan fingerprint density at radius 1 is 1.09 bits per heavy atom. The number of aryl methyl sites for hydroxylation is 1. The normalized spacial score (nSPS) is 10.0. The van der Waals surface area contributed by atoms with Crippen LogP contribution in [0.25, 0.3) is 0 Å². The van der Waals surface area contributed by atoms with E-state index in [1.165, 1.54) is 56.3 Å². The van der Waals surface area contributed by atoms with Gasteiger partial charge in [-0.15, -0.1) is 0 Å². The van der Waals surface area contributed by atoms with Crippen LogP contribution >= 0.6 is 0 Å². The van der Waals surface area contributed by atoms with Gasteiger partial charge in [-0.1, -0.05) is 45.4 Å². The first kappa shape index (κ1) is 21.9. The number of carbonyl (C=O) groups is 1. The number of pyridine rings is 1. The van der Waals surface area contributed by atoms with E-state index in [1.807, 2.05) is 24.5 Å². The highest BCUT2D eigenvalue weighted by molar-refractivity contribution is 5.69. The molecule has 0 aliphatic heterocycles. The van der Waals surface area contributed by atoms with E-state index >= 15 is 0 Å². The molecule has 0 aromatic carbocycles. The molecule has 0 bridgehead atoms. The molecule has 0 aliphatic rings. The summed E-state index contributed by atoms with van der Waals surface area (Å²) in [6, 6.07) is 3.73. The lowest BCUT2D eigenvalue weighted by Gasteiger charge is -2.09. The second kappa shape index (κ2) is 13.3. The predicted octanol–water partition coefficient (Wildman–Crippen LogP) is 1.18. The number of carbonyl (C=O) groups excluding carboxylic acids is 1. The summed E-state index contributed by atoms with van der Waals surface area (Å²) in [5.41, 5.74) is 0. The summed E-state index contributed by atoms with van der Waals surface area (Å²) in [5.74, 6) is 0.598. The smallest absolute Gasteiger partial charge is 0.414 e. The van der Waals surface area contributed by atoms with Crippen LogP contribution in [0.2, 0.25) is 0 Å². The van der Waals surface area contributed by atoms with Gasteiger partial charge in [0.1, 0.15) is 6.54 Å². The number of nitrogens with zero attached hydrogens (tertiary/aromatic N) is 2. The quantitative estimate of drug-likeness (QED) is 0.446. The molecule has 0 N–H and O–H groups in total. The maximum absolute atomic E-state index is 11.5. The van der Waals surface area contributed by atoms with Crippen LogP contribution in [0.15, 0.2) is 24.5 Å². The summed E-state index contributed by atoms with van der Waals surface area (Å²) in [4.78, 5) is 13.0. The van der Waals surface area contributed by atoms with Gasteiger partial charge in [-0.2, -0.15) is 0 Å². The Kier molecular flexibility index (Phi) is 12.7. The molecule has 1 amide bonds. The van der Waals surface area contributed by atoms with Crippen molar-refractivity contribution in [1.29, 1.82) is 0 Å². The van der Waals surface area contributed by atoms with E-state index in [0.29, 0.717) is 5.75 Å². The van der Waals surface area contributed by atoms with Crippen molar-refractivity contribution in [3.63, 3.8) is 0 Å². The number of hydrogen-bond donors (Lipinski definition) is 0. The molecular formula is C18H31BrN2O2. The molecule has 0 fully saturated rings. The minimum atomic E-state index is -0.343. The molecule has 4 nitrogen and oxygen atoms in total. The van der Waals surface area contributed by atoms with Gasteiger partial charge in [-0.3, -0.25) is 0 Å². The van der Waals surface area contributed by atoms with E-state index in [4.69, 9.17) is 4.74 Å². The molecule has 5 heteroatoms. The summed E-state index contributed by atoms with van der Waals surface area (Å²) in [6.45, 7) is 3.23. The Bertz CT molecular complexity index is 439. The average Bonchev–Trinajstić information content (AvgIpc) is 2.50. The third kappa shape index (κ3) is 10.3. The minimum Gasteiger partial charge on any atom is -1.00 e. The predicted molar refractivity (Wildman–Crippen MR) is 89.0 cm³/mol. The Hall–Kier alpha value is -1.10. The molecule has 0 spiro atoms. The zero-order chi connectivity index (χ0) is 16.2. The van der Waals surface area contributed by atoms with E-state index in [9.17, 15) is 4.79 Å². The molecule has 1 aromatic rings. The van der Waals surface area contributed by atoms with Crippen molar-refractivity contribution in [1.82, 2.24) is 4.90 Å². The zero-order valence-corrected chi connectivity index (χ0v) is 16.3. The number of unbranched alkanes of at least 4 members (excludes halogenated alkanes) is 7. The Morgan fingerprint density at radius 2 is 1.70 bits per heavy atom. The largest absolute Gasteiger partial charge is 1.00 e. The third-order valence-electron chi connectivity index (χ3n) is 3.67. The maximum atomic E-state index is 11.5. The first-order valence-electron chi connectivity index (χ1n) is 8.51. The molecule has 0 saturated carbocycles. The molecule has 0 radical (unpaired) electrons. The third-order valence-corrected chi connectivity index (χ3v) is 3.67. The highest BCUT2D eigenvalue weighted by Gasteiger charge is 2.10. The van der Waals surface area contributed by atoms with Gasteiger partial charge in [0.2, 0.25) is 6.20 Å². The number of halogens is 1. The summed E-state index contributed by atoms with van der Waals surface area (Å²) >= 11 is 0. The van der Waals surface area contributed by atoms with E-state index in [1.54, 1.807) is 14.1 Å². The molecule has 23 heavy (non-hydrogen) atoms. The molecule has 132 valence electrons. The molecule has 1 heterocycles. The van der Waals surface area contributed by atoms with Crippen molar-refractivity contribution in [2.75, 3.05) is 14.1 Å². The Morgan fingerprint density at radius 3 is 2.30 bits per heavy atom.